The maximum Gasteiger partial charge on any atom is 0.191 e. The summed E-state index contributed by atoms with van der Waals surface area (Å²) in [5, 5.41) is 0.221. The zero-order valence-corrected chi connectivity index (χ0v) is 16.9. The number of aldehydes is 1. The minimum absolute atomic E-state index is 0.0102. The number of hydrogen-bond donors (Lipinski definition) is 0. The van der Waals surface area contributed by atoms with E-state index in [1.54, 1.807) is 0 Å². The zero-order valence-electron chi connectivity index (χ0n) is 14.9. The van der Waals surface area contributed by atoms with Gasteiger partial charge in [0.2, 0.25) is 0 Å². The standard InChI is InChI=1S/C15H34O3Si2/c1-13(12-16)14(18-19(5,6)7)10-11-17-20(8,9)15(2,3)4/h12-14H,10-11H2,1-9H3/t13-,14+/m1/s1. The Labute approximate surface area is 127 Å². The molecule has 5 heteroatoms. The molecule has 0 N–H and O–H groups in total. The third kappa shape index (κ3) is 7.15. The number of hydrogen-bond acceptors (Lipinski definition) is 3. The van der Waals surface area contributed by atoms with E-state index in [1.807, 2.05) is 6.92 Å². The second-order valence-electron chi connectivity index (χ2n) is 8.16. The highest BCUT2D eigenvalue weighted by molar-refractivity contribution is 6.74. The molecular formula is C15H34O3Si2. The van der Waals surface area contributed by atoms with E-state index in [4.69, 9.17) is 8.85 Å². The average molecular weight is 319 g/mol. The van der Waals surface area contributed by atoms with Gasteiger partial charge in [-0.05, 0) is 44.2 Å². The van der Waals surface area contributed by atoms with Gasteiger partial charge in [-0.25, -0.2) is 0 Å². The summed E-state index contributed by atoms with van der Waals surface area (Å²) in [7, 11) is -3.34. The van der Waals surface area contributed by atoms with E-state index >= 15 is 0 Å². The molecule has 0 fully saturated rings. The van der Waals surface area contributed by atoms with E-state index in [-0.39, 0.29) is 17.1 Å². The third-order valence-corrected chi connectivity index (χ3v) is 9.53. The fourth-order valence-electron chi connectivity index (χ4n) is 1.62. The molecule has 0 radical (unpaired) electrons. The lowest BCUT2D eigenvalue weighted by Gasteiger charge is -2.37. The molecule has 3 nitrogen and oxygen atoms in total. The zero-order chi connectivity index (χ0) is 16.2. The first kappa shape index (κ1) is 20.0. The Hall–Kier alpha value is 0.0238. The van der Waals surface area contributed by atoms with E-state index in [0.29, 0.717) is 6.61 Å². The molecule has 0 aromatic rings. The van der Waals surface area contributed by atoms with Crippen molar-refractivity contribution < 1.29 is 13.6 Å². The molecule has 0 aromatic carbocycles. The van der Waals surface area contributed by atoms with Crippen molar-refractivity contribution in [2.24, 2.45) is 5.92 Å². The van der Waals surface area contributed by atoms with Gasteiger partial charge in [0.1, 0.15) is 6.29 Å². The van der Waals surface area contributed by atoms with Crippen LogP contribution >= 0.6 is 0 Å². The number of carbonyl (C=O) groups is 1. The van der Waals surface area contributed by atoms with Gasteiger partial charge in [-0.2, -0.15) is 0 Å². The first-order valence-electron chi connectivity index (χ1n) is 7.57. The maximum atomic E-state index is 11.1. The van der Waals surface area contributed by atoms with Gasteiger partial charge >= 0.3 is 0 Å². The molecule has 0 heterocycles. The highest BCUT2D eigenvalue weighted by atomic mass is 28.4. The molecule has 0 saturated carbocycles. The monoisotopic (exact) mass is 318 g/mol. The molecule has 20 heavy (non-hydrogen) atoms. The molecule has 0 spiro atoms. The predicted molar refractivity (Wildman–Crippen MR) is 91.2 cm³/mol. The Morgan fingerprint density at radius 3 is 1.95 bits per heavy atom. The van der Waals surface area contributed by atoms with Crippen LogP contribution in [0.5, 0.6) is 0 Å². The fourth-order valence-corrected chi connectivity index (χ4v) is 3.92. The summed E-state index contributed by atoms with van der Waals surface area (Å²) in [6, 6.07) is 0. The van der Waals surface area contributed by atoms with Crippen LogP contribution in [0.3, 0.4) is 0 Å². The van der Waals surface area contributed by atoms with Crippen molar-refractivity contribution in [1.82, 2.24) is 0 Å². The van der Waals surface area contributed by atoms with Gasteiger partial charge in [-0.15, -0.1) is 0 Å². The summed E-state index contributed by atoms with van der Waals surface area (Å²) in [5.74, 6) is -0.0651. The molecule has 0 aliphatic carbocycles. The average Bonchev–Trinajstić information content (AvgIpc) is 2.23. The lowest BCUT2D eigenvalue weighted by molar-refractivity contribution is -0.113. The van der Waals surface area contributed by atoms with Crippen LogP contribution in [0.1, 0.15) is 34.1 Å². The van der Waals surface area contributed by atoms with Crippen LogP contribution in [0.25, 0.3) is 0 Å². The van der Waals surface area contributed by atoms with Crippen LogP contribution in [0.2, 0.25) is 37.8 Å². The molecule has 2 atom stereocenters. The highest BCUT2D eigenvalue weighted by Gasteiger charge is 2.37. The van der Waals surface area contributed by atoms with Gasteiger partial charge in [0.05, 0.1) is 6.10 Å². The van der Waals surface area contributed by atoms with Gasteiger partial charge in [0.25, 0.3) is 0 Å². The maximum absolute atomic E-state index is 11.1. The first-order valence-corrected chi connectivity index (χ1v) is 13.9. The number of carbonyl (C=O) groups excluding carboxylic acids is 1. The predicted octanol–water partition coefficient (Wildman–Crippen LogP) is 4.45. The Kier molecular flexibility index (Phi) is 7.35. The van der Waals surface area contributed by atoms with Crippen LogP contribution < -0.4 is 0 Å². The fraction of sp³-hybridized carbons (Fsp3) is 0.933. The van der Waals surface area contributed by atoms with Crippen LogP contribution in [0.4, 0.5) is 0 Å². The normalized spacial score (nSPS) is 16.9. The van der Waals surface area contributed by atoms with E-state index in [1.165, 1.54) is 0 Å². The van der Waals surface area contributed by atoms with Crippen LogP contribution in [0.15, 0.2) is 0 Å². The molecule has 120 valence electrons. The van der Waals surface area contributed by atoms with Crippen molar-refractivity contribution in [3.63, 3.8) is 0 Å². The largest absolute Gasteiger partial charge is 0.417 e. The highest BCUT2D eigenvalue weighted by Crippen LogP contribution is 2.36. The molecule has 0 unspecified atom stereocenters. The minimum Gasteiger partial charge on any atom is -0.417 e. The molecule has 0 aliphatic heterocycles. The van der Waals surface area contributed by atoms with Gasteiger partial charge in [-0.3, -0.25) is 0 Å². The molecule has 0 amide bonds. The van der Waals surface area contributed by atoms with E-state index < -0.39 is 16.6 Å². The Morgan fingerprint density at radius 2 is 1.60 bits per heavy atom. The molecule has 0 bridgehead atoms. The van der Waals surface area contributed by atoms with Crippen molar-refractivity contribution in [2.45, 2.75) is 78.0 Å². The van der Waals surface area contributed by atoms with Crippen LogP contribution in [-0.2, 0) is 13.6 Å². The minimum atomic E-state index is -1.71. The lowest BCUT2D eigenvalue weighted by atomic mass is 10.0. The van der Waals surface area contributed by atoms with Crippen LogP contribution in [-0.4, -0.2) is 35.6 Å². The molecule has 0 aliphatic rings. The van der Waals surface area contributed by atoms with Crippen molar-refractivity contribution in [3.05, 3.63) is 0 Å². The van der Waals surface area contributed by atoms with Crippen molar-refractivity contribution >= 4 is 22.9 Å². The van der Waals surface area contributed by atoms with Crippen LogP contribution in [0, 0.1) is 5.92 Å². The quantitative estimate of drug-likeness (QED) is 0.490. The molecular weight excluding hydrogens is 284 g/mol. The van der Waals surface area contributed by atoms with Gasteiger partial charge < -0.3 is 13.6 Å². The topological polar surface area (TPSA) is 35.5 Å². The summed E-state index contributed by atoms with van der Waals surface area (Å²) in [5.41, 5.74) is 0. The summed E-state index contributed by atoms with van der Waals surface area (Å²) in [6.07, 6.45) is 1.79. The van der Waals surface area contributed by atoms with Crippen molar-refractivity contribution in [2.75, 3.05) is 6.61 Å². The molecule has 0 aromatic heterocycles. The SMILES string of the molecule is C[C@H](C=O)[C@H](CCO[Si](C)(C)C(C)(C)C)O[Si](C)(C)C. The molecule has 0 rings (SSSR count). The van der Waals surface area contributed by atoms with Gasteiger partial charge in [-0.1, -0.05) is 27.7 Å². The Morgan fingerprint density at radius 1 is 1.10 bits per heavy atom. The Balaban J connectivity index is 4.53. The Bertz CT molecular complexity index is 303. The second-order valence-corrected chi connectivity index (χ2v) is 17.4. The number of rotatable bonds is 8. The summed E-state index contributed by atoms with van der Waals surface area (Å²) >= 11 is 0. The summed E-state index contributed by atoms with van der Waals surface area (Å²) in [4.78, 5) is 11.1. The van der Waals surface area contributed by atoms with Gasteiger partial charge in [0.15, 0.2) is 16.6 Å². The smallest absolute Gasteiger partial charge is 0.191 e. The van der Waals surface area contributed by atoms with Gasteiger partial charge in [0, 0.05) is 12.5 Å². The third-order valence-electron chi connectivity index (χ3n) is 3.98. The molecule has 0 saturated heterocycles. The van der Waals surface area contributed by atoms with E-state index in [0.717, 1.165) is 12.7 Å². The summed E-state index contributed by atoms with van der Waals surface area (Å²) in [6.45, 7) is 20.3. The lowest BCUT2D eigenvalue weighted by Crippen LogP contribution is -2.42. The van der Waals surface area contributed by atoms with Crippen molar-refractivity contribution in [3.8, 4) is 0 Å². The van der Waals surface area contributed by atoms with E-state index in [9.17, 15) is 4.79 Å². The second kappa shape index (κ2) is 7.34. The van der Waals surface area contributed by atoms with E-state index in [2.05, 4.69) is 53.5 Å². The summed E-state index contributed by atoms with van der Waals surface area (Å²) < 4.78 is 12.3. The van der Waals surface area contributed by atoms with Crippen molar-refractivity contribution in [1.29, 1.82) is 0 Å². The first-order chi connectivity index (χ1) is 8.80.